The van der Waals surface area contributed by atoms with Crippen LogP contribution >= 0.6 is 0 Å². The second-order valence-corrected chi connectivity index (χ2v) is 4.06. The van der Waals surface area contributed by atoms with Gasteiger partial charge in [0.05, 0.1) is 6.61 Å². The molecule has 1 N–H and O–H groups in total. The minimum atomic E-state index is -0.942. The van der Waals surface area contributed by atoms with E-state index in [1.165, 1.54) is 4.90 Å². The standard InChI is InChI=1S/C13H19N3O3/c1-4-6-16(9-12(17)18)13-14-10(3)8-11(15-13)19-7-5-2/h4,8H,1,5-7,9H2,2-3H3,(H,17,18). The third-order valence-electron chi connectivity index (χ3n) is 2.23. The Kier molecular flexibility index (Phi) is 5.78. The lowest BCUT2D eigenvalue weighted by Crippen LogP contribution is -2.31. The van der Waals surface area contributed by atoms with Crippen molar-refractivity contribution in [3.8, 4) is 5.88 Å². The summed E-state index contributed by atoms with van der Waals surface area (Å²) in [5, 5.41) is 8.89. The molecule has 1 aromatic rings. The van der Waals surface area contributed by atoms with Crippen molar-refractivity contribution in [1.82, 2.24) is 9.97 Å². The van der Waals surface area contributed by atoms with Crippen molar-refractivity contribution >= 4 is 11.9 Å². The molecule has 0 atom stereocenters. The van der Waals surface area contributed by atoms with Crippen LogP contribution in [0.25, 0.3) is 0 Å². The monoisotopic (exact) mass is 265 g/mol. The number of hydrogen-bond acceptors (Lipinski definition) is 5. The molecule has 1 aromatic heterocycles. The van der Waals surface area contributed by atoms with Crippen molar-refractivity contribution < 1.29 is 14.6 Å². The number of carboxylic acid groups (broad SMARTS) is 1. The molecule has 0 aromatic carbocycles. The van der Waals surface area contributed by atoms with Crippen LogP contribution in [0.1, 0.15) is 19.0 Å². The van der Waals surface area contributed by atoms with Gasteiger partial charge in [0, 0.05) is 18.3 Å². The quantitative estimate of drug-likeness (QED) is 0.720. The van der Waals surface area contributed by atoms with Crippen LogP contribution < -0.4 is 9.64 Å². The maximum Gasteiger partial charge on any atom is 0.323 e. The van der Waals surface area contributed by atoms with E-state index < -0.39 is 5.97 Å². The molecule has 0 aliphatic heterocycles. The van der Waals surface area contributed by atoms with Gasteiger partial charge in [0.25, 0.3) is 0 Å². The van der Waals surface area contributed by atoms with E-state index in [4.69, 9.17) is 9.84 Å². The van der Waals surface area contributed by atoms with Gasteiger partial charge in [0.2, 0.25) is 11.8 Å². The largest absolute Gasteiger partial charge is 0.480 e. The summed E-state index contributed by atoms with van der Waals surface area (Å²) >= 11 is 0. The van der Waals surface area contributed by atoms with E-state index >= 15 is 0 Å². The van der Waals surface area contributed by atoms with Crippen LogP contribution in [0.3, 0.4) is 0 Å². The number of carbonyl (C=O) groups is 1. The molecule has 0 saturated heterocycles. The van der Waals surface area contributed by atoms with Crippen molar-refractivity contribution in [2.75, 3.05) is 24.6 Å². The van der Waals surface area contributed by atoms with Crippen LogP contribution in [0.15, 0.2) is 18.7 Å². The number of aryl methyl sites for hydroxylation is 1. The molecule has 19 heavy (non-hydrogen) atoms. The van der Waals surface area contributed by atoms with Gasteiger partial charge >= 0.3 is 5.97 Å². The van der Waals surface area contributed by atoms with Gasteiger partial charge in [-0.15, -0.1) is 6.58 Å². The van der Waals surface area contributed by atoms with E-state index in [0.29, 0.717) is 25.0 Å². The van der Waals surface area contributed by atoms with Gasteiger partial charge < -0.3 is 14.7 Å². The number of carboxylic acids is 1. The molecule has 0 aliphatic rings. The minimum absolute atomic E-state index is 0.178. The summed E-state index contributed by atoms with van der Waals surface area (Å²) in [5.74, 6) is -0.139. The first kappa shape index (κ1) is 14.9. The molecule has 0 spiro atoms. The summed E-state index contributed by atoms with van der Waals surface area (Å²) in [5.41, 5.74) is 0.732. The zero-order valence-electron chi connectivity index (χ0n) is 11.3. The van der Waals surface area contributed by atoms with Crippen molar-refractivity contribution in [2.24, 2.45) is 0 Å². The molecule has 0 saturated carbocycles. The number of nitrogens with zero attached hydrogens (tertiary/aromatic N) is 3. The number of aromatic nitrogens is 2. The highest BCUT2D eigenvalue weighted by atomic mass is 16.5. The van der Waals surface area contributed by atoms with Crippen molar-refractivity contribution in [2.45, 2.75) is 20.3 Å². The van der Waals surface area contributed by atoms with Crippen molar-refractivity contribution in [3.63, 3.8) is 0 Å². The van der Waals surface area contributed by atoms with Crippen molar-refractivity contribution in [3.05, 3.63) is 24.4 Å². The molecule has 6 nitrogen and oxygen atoms in total. The molecule has 0 unspecified atom stereocenters. The SMILES string of the molecule is C=CCN(CC(=O)O)c1nc(C)cc(OCCC)n1. The lowest BCUT2D eigenvalue weighted by Gasteiger charge is -2.19. The van der Waals surface area contributed by atoms with Gasteiger partial charge in [-0.3, -0.25) is 4.79 Å². The van der Waals surface area contributed by atoms with Gasteiger partial charge in [-0.1, -0.05) is 13.0 Å². The Balaban J connectivity index is 2.97. The van der Waals surface area contributed by atoms with Crippen molar-refractivity contribution in [1.29, 1.82) is 0 Å². The highest BCUT2D eigenvalue weighted by Crippen LogP contribution is 2.15. The zero-order chi connectivity index (χ0) is 14.3. The molecule has 0 fully saturated rings. The summed E-state index contributed by atoms with van der Waals surface area (Å²) in [6.45, 7) is 8.18. The first-order chi connectivity index (χ1) is 9.06. The third kappa shape index (κ3) is 4.95. The molecule has 0 aliphatic carbocycles. The Morgan fingerprint density at radius 1 is 1.58 bits per heavy atom. The van der Waals surface area contributed by atoms with Crippen LogP contribution in [-0.4, -0.2) is 40.7 Å². The fourth-order valence-electron chi connectivity index (χ4n) is 1.48. The van der Waals surface area contributed by atoms with Crippen LogP contribution in [0.5, 0.6) is 5.88 Å². The first-order valence-corrected chi connectivity index (χ1v) is 6.13. The first-order valence-electron chi connectivity index (χ1n) is 6.13. The van der Waals surface area contributed by atoms with Gasteiger partial charge in [-0.05, 0) is 13.3 Å². The molecule has 0 bridgehead atoms. The van der Waals surface area contributed by atoms with E-state index in [1.807, 2.05) is 13.8 Å². The fourth-order valence-corrected chi connectivity index (χ4v) is 1.48. The number of anilines is 1. The Morgan fingerprint density at radius 3 is 2.89 bits per heavy atom. The third-order valence-corrected chi connectivity index (χ3v) is 2.23. The van der Waals surface area contributed by atoms with Crippen LogP contribution in [-0.2, 0) is 4.79 Å². The Hall–Kier alpha value is -2.11. The van der Waals surface area contributed by atoms with E-state index in [1.54, 1.807) is 12.1 Å². The predicted molar refractivity (Wildman–Crippen MR) is 72.6 cm³/mol. The maximum absolute atomic E-state index is 10.8. The molecule has 1 rings (SSSR count). The highest BCUT2D eigenvalue weighted by molar-refractivity contribution is 5.72. The van der Waals surface area contributed by atoms with Gasteiger partial charge in [-0.2, -0.15) is 4.98 Å². The lowest BCUT2D eigenvalue weighted by molar-refractivity contribution is -0.135. The summed E-state index contributed by atoms with van der Waals surface area (Å²) < 4.78 is 5.46. The average Bonchev–Trinajstić information content (AvgIpc) is 2.34. The summed E-state index contributed by atoms with van der Waals surface area (Å²) in [7, 11) is 0. The topological polar surface area (TPSA) is 75.6 Å². The van der Waals surface area contributed by atoms with E-state index in [-0.39, 0.29) is 6.54 Å². The van der Waals surface area contributed by atoms with Crippen LogP contribution in [0.4, 0.5) is 5.95 Å². The molecular formula is C13H19N3O3. The highest BCUT2D eigenvalue weighted by Gasteiger charge is 2.14. The van der Waals surface area contributed by atoms with E-state index in [0.717, 1.165) is 12.1 Å². The molecule has 6 heteroatoms. The summed E-state index contributed by atoms with van der Waals surface area (Å²) in [6, 6.07) is 1.73. The molecule has 0 amide bonds. The van der Waals surface area contributed by atoms with Crippen LogP contribution in [0.2, 0.25) is 0 Å². The van der Waals surface area contributed by atoms with E-state index in [9.17, 15) is 4.79 Å². The fraction of sp³-hybridized carbons (Fsp3) is 0.462. The molecule has 1 heterocycles. The minimum Gasteiger partial charge on any atom is -0.480 e. The number of hydrogen-bond donors (Lipinski definition) is 1. The second-order valence-electron chi connectivity index (χ2n) is 4.06. The molecule has 104 valence electrons. The van der Waals surface area contributed by atoms with Gasteiger partial charge in [0.15, 0.2) is 0 Å². The Bertz CT molecular complexity index is 449. The van der Waals surface area contributed by atoms with Gasteiger partial charge in [0.1, 0.15) is 6.54 Å². The Morgan fingerprint density at radius 2 is 2.32 bits per heavy atom. The molecule has 0 radical (unpaired) electrons. The molecular weight excluding hydrogens is 246 g/mol. The lowest BCUT2D eigenvalue weighted by atomic mass is 10.4. The van der Waals surface area contributed by atoms with E-state index in [2.05, 4.69) is 16.5 Å². The predicted octanol–water partition coefficient (Wildman–Crippen LogP) is 1.65. The maximum atomic E-state index is 10.8. The Labute approximate surface area is 112 Å². The smallest absolute Gasteiger partial charge is 0.323 e. The number of ether oxygens (including phenoxy) is 1. The summed E-state index contributed by atoms with van der Waals surface area (Å²) in [4.78, 5) is 20.8. The number of rotatable bonds is 8. The second kappa shape index (κ2) is 7.35. The normalized spacial score (nSPS) is 10.0. The number of aliphatic carboxylic acids is 1. The average molecular weight is 265 g/mol. The summed E-state index contributed by atoms with van der Waals surface area (Å²) in [6.07, 6.45) is 2.49. The zero-order valence-corrected chi connectivity index (χ0v) is 11.3. The van der Waals surface area contributed by atoms with Crippen LogP contribution in [0, 0.1) is 6.92 Å². The van der Waals surface area contributed by atoms with Gasteiger partial charge in [-0.25, -0.2) is 4.98 Å².